The van der Waals surface area contributed by atoms with Crippen molar-refractivity contribution >= 4 is 28.5 Å². The van der Waals surface area contributed by atoms with E-state index in [2.05, 4.69) is 20.2 Å². The van der Waals surface area contributed by atoms with Gasteiger partial charge in [0.1, 0.15) is 6.33 Å². The molecule has 0 atom stereocenters. The number of imidazole rings is 1. The van der Waals surface area contributed by atoms with Crippen molar-refractivity contribution in [2.45, 2.75) is 10.3 Å². The molecule has 0 amide bonds. The lowest BCUT2D eigenvalue weighted by Crippen LogP contribution is -1.88. The number of nitrogens with zero attached hydrogens (tertiary/aromatic N) is 4. The van der Waals surface area contributed by atoms with E-state index >= 15 is 0 Å². The highest BCUT2D eigenvalue weighted by Crippen LogP contribution is 2.25. The summed E-state index contributed by atoms with van der Waals surface area (Å²) in [5, 5.41) is 9.37. The molecule has 3 rings (SSSR count). The molecule has 0 aliphatic heterocycles. The Kier molecular flexibility index (Phi) is 2.25. The molecule has 3 aromatic rings. The van der Waals surface area contributed by atoms with Gasteiger partial charge in [0.25, 0.3) is 0 Å². The standard InChI is InChI=1S/C10H10N6S/c1-16-5-12-15-10(16)17-9-13-7-3-2-6(11)4-8(7)14-9/h2-5H,11H2,1H3,(H,13,14). The number of aryl methyl sites for hydroxylation is 1. The minimum Gasteiger partial charge on any atom is -0.399 e. The second kappa shape index (κ2) is 3.77. The first-order chi connectivity index (χ1) is 8.22. The Labute approximate surface area is 101 Å². The quantitative estimate of drug-likeness (QED) is 0.668. The van der Waals surface area contributed by atoms with Crippen LogP contribution in [0.3, 0.4) is 0 Å². The van der Waals surface area contributed by atoms with Crippen LogP contribution >= 0.6 is 11.8 Å². The number of hydrogen-bond acceptors (Lipinski definition) is 5. The molecule has 17 heavy (non-hydrogen) atoms. The van der Waals surface area contributed by atoms with E-state index in [4.69, 9.17) is 5.73 Å². The van der Waals surface area contributed by atoms with Crippen LogP contribution in [0.5, 0.6) is 0 Å². The van der Waals surface area contributed by atoms with Gasteiger partial charge in [-0.3, -0.25) is 0 Å². The van der Waals surface area contributed by atoms with Crippen LogP contribution in [-0.2, 0) is 7.05 Å². The highest BCUT2D eigenvalue weighted by atomic mass is 32.2. The number of aromatic amines is 1. The maximum Gasteiger partial charge on any atom is 0.198 e. The Morgan fingerprint density at radius 2 is 2.29 bits per heavy atom. The van der Waals surface area contributed by atoms with Crippen LogP contribution < -0.4 is 5.73 Å². The van der Waals surface area contributed by atoms with Crippen molar-refractivity contribution in [2.75, 3.05) is 5.73 Å². The van der Waals surface area contributed by atoms with Crippen molar-refractivity contribution in [1.82, 2.24) is 24.7 Å². The second-order valence-corrected chi connectivity index (χ2v) is 4.60. The number of nitrogens with two attached hydrogens (primary N) is 1. The van der Waals surface area contributed by atoms with Gasteiger partial charge in [-0.05, 0) is 30.0 Å². The molecule has 1 aromatic carbocycles. The molecule has 0 saturated carbocycles. The summed E-state index contributed by atoms with van der Waals surface area (Å²) in [7, 11) is 1.89. The summed E-state index contributed by atoms with van der Waals surface area (Å²) in [5.41, 5.74) is 8.25. The first kappa shape index (κ1) is 10.2. The minimum absolute atomic E-state index is 0.719. The van der Waals surface area contributed by atoms with Gasteiger partial charge in [0.05, 0.1) is 11.0 Å². The molecule has 3 N–H and O–H groups in total. The highest BCUT2D eigenvalue weighted by molar-refractivity contribution is 7.99. The average molecular weight is 246 g/mol. The zero-order valence-corrected chi connectivity index (χ0v) is 9.90. The topological polar surface area (TPSA) is 85.4 Å². The van der Waals surface area contributed by atoms with E-state index in [-0.39, 0.29) is 0 Å². The average Bonchev–Trinajstić information content (AvgIpc) is 2.85. The third-order valence-electron chi connectivity index (χ3n) is 2.34. The van der Waals surface area contributed by atoms with Crippen molar-refractivity contribution in [3.05, 3.63) is 24.5 Å². The van der Waals surface area contributed by atoms with Gasteiger partial charge < -0.3 is 15.3 Å². The van der Waals surface area contributed by atoms with Crippen molar-refractivity contribution in [1.29, 1.82) is 0 Å². The number of fused-ring (bicyclic) bond motifs is 1. The Balaban J connectivity index is 1.99. The van der Waals surface area contributed by atoms with Gasteiger partial charge in [0.2, 0.25) is 0 Å². The number of nitrogen functional groups attached to an aromatic ring is 1. The van der Waals surface area contributed by atoms with Crippen LogP contribution in [0.2, 0.25) is 0 Å². The summed E-state index contributed by atoms with van der Waals surface area (Å²) in [4.78, 5) is 7.63. The fourth-order valence-corrected chi connectivity index (χ4v) is 2.26. The monoisotopic (exact) mass is 246 g/mol. The lowest BCUT2D eigenvalue weighted by molar-refractivity contribution is 0.786. The van der Waals surface area contributed by atoms with Gasteiger partial charge in [0.15, 0.2) is 10.3 Å². The lowest BCUT2D eigenvalue weighted by Gasteiger charge is -1.94. The zero-order chi connectivity index (χ0) is 11.8. The molecule has 0 aliphatic rings. The van der Waals surface area contributed by atoms with E-state index in [0.717, 1.165) is 27.0 Å². The third-order valence-corrected chi connectivity index (χ3v) is 3.28. The van der Waals surface area contributed by atoms with Crippen LogP contribution in [-0.4, -0.2) is 24.7 Å². The van der Waals surface area contributed by atoms with Crippen LogP contribution in [0.15, 0.2) is 34.8 Å². The van der Waals surface area contributed by atoms with Gasteiger partial charge in [-0.2, -0.15) is 0 Å². The molecular weight excluding hydrogens is 236 g/mol. The normalized spacial score (nSPS) is 11.1. The lowest BCUT2D eigenvalue weighted by atomic mass is 10.3. The van der Waals surface area contributed by atoms with Crippen molar-refractivity contribution in [2.24, 2.45) is 7.05 Å². The fraction of sp³-hybridized carbons (Fsp3) is 0.100. The molecule has 0 aliphatic carbocycles. The first-order valence-electron chi connectivity index (χ1n) is 4.99. The van der Waals surface area contributed by atoms with Gasteiger partial charge >= 0.3 is 0 Å². The van der Waals surface area contributed by atoms with E-state index in [0.29, 0.717) is 0 Å². The van der Waals surface area contributed by atoms with Gasteiger partial charge in [-0.1, -0.05) is 0 Å². The van der Waals surface area contributed by atoms with E-state index in [1.807, 2.05) is 29.8 Å². The summed E-state index contributed by atoms with van der Waals surface area (Å²) in [5.74, 6) is 0. The molecule has 86 valence electrons. The molecule has 6 nitrogen and oxygen atoms in total. The minimum atomic E-state index is 0.719. The fourth-order valence-electron chi connectivity index (χ4n) is 1.50. The molecule has 0 bridgehead atoms. The van der Waals surface area contributed by atoms with E-state index < -0.39 is 0 Å². The molecule has 0 unspecified atom stereocenters. The van der Waals surface area contributed by atoms with Crippen molar-refractivity contribution < 1.29 is 0 Å². The second-order valence-electron chi connectivity index (χ2n) is 3.65. The molecule has 7 heteroatoms. The Bertz CT molecular complexity index is 670. The number of hydrogen-bond donors (Lipinski definition) is 2. The highest BCUT2D eigenvalue weighted by Gasteiger charge is 2.08. The molecule has 2 aromatic heterocycles. The van der Waals surface area contributed by atoms with Crippen LogP contribution in [0, 0.1) is 0 Å². The van der Waals surface area contributed by atoms with Gasteiger partial charge in [-0.25, -0.2) is 4.98 Å². The van der Waals surface area contributed by atoms with Crippen molar-refractivity contribution in [3.63, 3.8) is 0 Å². The van der Waals surface area contributed by atoms with Crippen LogP contribution in [0.25, 0.3) is 11.0 Å². The first-order valence-corrected chi connectivity index (χ1v) is 5.81. The maximum atomic E-state index is 5.71. The number of benzene rings is 1. The summed E-state index contributed by atoms with van der Waals surface area (Å²) in [6, 6.07) is 5.59. The number of rotatable bonds is 2. The van der Waals surface area contributed by atoms with E-state index in [1.54, 1.807) is 6.33 Å². The predicted molar refractivity (Wildman–Crippen MR) is 65.6 cm³/mol. The molecule has 0 fully saturated rings. The molecule has 2 heterocycles. The Morgan fingerprint density at radius 3 is 3.06 bits per heavy atom. The van der Waals surface area contributed by atoms with Gasteiger partial charge in [0, 0.05) is 12.7 Å². The smallest absolute Gasteiger partial charge is 0.198 e. The molecular formula is C10H10N6S. The summed E-state index contributed by atoms with van der Waals surface area (Å²) in [6.45, 7) is 0. The Morgan fingerprint density at radius 1 is 1.41 bits per heavy atom. The maximum absolute atomic E-state index is 5.71. The largest absolute Gasteiger partial charge is 0.399 e. The van der Waals surface area contributed by atoms with E-state index in [9.17, 15) is 0 Å². The predicted octanol–water partition coefficient (Wildman–Crippen LogP) is 1.42. The zero-order valence-electron chi connectivity index (χ0n) is 9.08. The number of nitrogens with one attached hydrogen (secondary N) is 1. The molecule has 0 spiro atoms. The Hall–Kier alpha value is -2.02. The summed E-state index contributed by atoms with van der Waals surface area (Å²) in [6.07, 6.45) is 1.66. The number of anilines is 1. The molecule has 0 radical (unpaired) electrons. The summed E-state index contributed by atoms with van der Waals surface area (Å²) < 4.78 is 1.84. The van der Waals surface area contributed by atoms with Crippen molar-refractivity contribution in [3.8, 4) is 0 Å². The van der Waals surface area contributed by atoms with Crippen LogP contribution in [0.4, 0.5) is 5.69 Å². The van der Waals surface area contributed by atoms with Crippen LogP contribution in [0.1, 0.15) is 0 Å². The van der Waals surface area contributed by atoms with Gasteiger partial charge in [-0.15, -0.1) is 10.2 Å². The third kappa shape index (κ3) is 1.84. The molecule has 0 saturated heterocycles. The number of H-pyrrole nitrogens is 1. The SMILES string of the molecule is Cn1cnnc1Sc1nc2ccc(N)cc2[nH]1. The number of aromatic nitrogens is 5. The summed E-state index contributed by atoms with van der Waals surface area (Å²) >= 11 is 1.43. The van der Waals surface area contributed by atoms with E-state index in [1.165, 1.54) is 11.8 Å².